The van der Waals surface area contributed by atoms with E-state index < -0.39 is 5.82 Å². The number of aliphatic hydroxyl groups is 1. The Morgan fingerprint density at radius 3 is 2.54 bits per heavy atom. The van der Waals surface area contributed by atoms with Crippen LogP contribution in [0.5, 0.6) is 17.2 Å². The molecule has 0 amide bonds. The molecular formula is C32H23F2N3O4. The van der Waals surface area contributed by atoms with E-state index in [1.807, 2.05) is 6.08 Å². The number of carbonyl (C=O) groups excluding carboxylic acids is 1. The first-order valence-electron chi connectivity index (χ1n) is 12.9. The molecule has 3 aromatic carbocycles. The van der Waals surface area contributed by atoms with Crippen molar-refractivity contribution in [2.45, 2.75) is 6.42 Å². The number of aromatic nitrogens is 2. The Bertz CT molecular complexity index is 1810. The van der Waals surface area contributed by atoms with Crippen LogP contribution in [0.4, 0.5) is 20.3 Å². The fraction of sp³-hybridized carbons (Fsp3) is 0.0938. The van der Waals surface area contributed by atoms with E-state index >= 15 is 4.39 Å². The molecule has 5 aromatic rings. The number of fused-ring (bicyclic) bond motifs is 2. The lowest BCUT2D eigenvalue weighted by Crippen LogP contribution is -2.15. The van der Waals surface area contributed by atoms with E-state index in [0.29, 0.717) is 57.0 Å². The maximum absolute atomic E-state index is 15.2. The summed E-state index contributed by atoms with van der Waals surface area (Å²) in [5, 5.41) is 12.7. The molecule has 0 bridgehead atoms. The molecular weight excluding hydrogens is 528 g/mol. The van der Waals surface area contributed by atoms with Gasteiger partial charge in [-0.05, 0) is 66.1 Å². The Morgan fingerprint density at radius 1 is 0.902 bits per heavy atom. The predicted octanol–water partition coefficient (Wildman–Crippen LogP) is 6.64. The number of Topliss-reactive ketones (excluding diaryl/α,β-unsaturated/α-hetero) is 1. The highest BCUT2D eigenvalue weighted by molar-refractivity contribution is 6.32. The Kier molecular flexibility index (Phi) is 7.09. The van der Waals surface area contributed by atoms with Crippen LogP contribution in [0.1, 0.15) is 21.5 Å². The number of benzene rings is 3. The van der Waals surface area contributed by atoms with Crippen LogP contribution in [-0.4, -0.2) is 34.1 Å². The molecule has 0 unspecified atom stereocenters. The van der Waals surface area contributed by atoms with Gasteiger partial charge in [0.05, 0.1) is 17.7 Å². The monoisotopic (exact) mass is 551 g/mol. The van der Waals surface area contributed by atoms with Crippen LogP contribution in [0, 0.1) is 11.6 Å². The maximum Gasteiger partial charge on any atom is 0.197 e. The van der Waals surface area contributed by atoms with Gasteiger partial charge < -0.3 is 19.9 Å². The molecule has 2 N–H and O–H groups in total. The smallest absolute Gasteiger partial charge is 0.197 e. The zero-order valence-electron chi connectivity index (χ0n) is 21.6. The maximum atomic E-state index is 15.2. The highest BCUT2D eigenvalue weighted by Crippen LogP contribution is 2.35. The van der Waals surface area contributed by atoms with Crippen LogP contribution in [0.3, 0.4) is 0 Å². The van der Waals surface area contributed by atoms with Gasteiger partial charge in [-0.3, -0.25) is 9.78 Å². The number of ether oxygens (including phenoxy) is 2. The summed E-state index contributed by atoms with van der Waals surface area (Å²) in [7, 11) is 0. The molecule has 1 aliphatic carbocycles. The number of anilines is 2. The van der Waals surface area contributed by atoms with Crippen molar-refractivity contribution in [2.75, 3.05) is 18.5 Å². The van der Waals surface area contributed by atoms with Gasteiger partial charge in [0.1, 0.15) is 29.7 Å². The molecule has 204 valence electrons. The largest absolute Gasteiger partial charge is 0.491 e. The van der Waals surface area contributed by atoms with Gasteiger partial charge in [0.25, 0.3) is 0 Å². The van der Waals surface area contributed by atoms with Gasteiger partial charge in [-0.15, -0.1) is 0 Å². The zero-order chi connectivity index (χ0) is 28.3. The standard InChI is InChI=1S/C32H23F2N3O4/c33-21-4-1-19(2-5-21)24-8-3-20-11-13-36-32(30(20)31(24)39)37-22-6-10-29(26(34)17-22)41-28-12-14-35-27-18-23(40-16-15-38)7-9-25(27)28/h1-2,4-14,17-18,38H,3,15-16H2,(H,36,37). The first-order valence-corrected chi connectivity index (χ1v) is 12.9. The van der Waals surface area contributed by atoms with Crippen LogP contribution in [-0.2, 0) is 6.42 Å². The van der Waals surface area contributed by atoms with Crippen LogP contribution in [0.25, 0.3) is 16.5 Å². The number of carbonyl (C=O) groups is 1. The Balaban J connectivity index is 1.24. The van der Waals surface area contributed by atoms with Crippen molar-refractivity contribution in [3.05, 3.63) is 120 Å². The summed E-state index contributed by atoms with van der Waals surface area (Å²) in [6.45, 7) is 0.0564. The summed E-state index contributed by atoms with van der Waals surface area (Å²) in [5.74, 6) is 0.0128. The van der Waals surface area contributed by atoms with Crippen LogP contribution < -0.4 is 14.8 Å². The summed E-state index contributed by atoms with van der Waals surface area (Å²) < 4.78 is 40.0. The molecule has 0 spiro atoms. The predicted molar refractivity (Wildman–Crippen MR) is 151 cm³/mol. The third-order valence-electron chi connectivity index (χ3n) is 6.64. The number of nitrogens with zero attached hydrogens (tertiary/aromatic N) is 2. The van der Waals surface area contributed by atoms with Crippen LogP contribution in [0.2, 0.25) is 0 Å². The highest BCUT2D eigenvalue weighted by Gasteiger charge is 2.26. The molecule has 2 aromatic heterocycles. The quantitative estimate of drug-likeness (QED) is 0.223. The number of hydrogen-bond acceptors (Lipinski definition) is 7. The van der Waals surface area contributed by atoms with Crippen LogP contribution >= 0.6 is 0 Å². The van der Waals surface area contributed by atoms with Crippen molar-refractivity contribution in [1.82, 2.24) is 9.97 Å². The van der Waals surface area contributed by atoms with Crippen molar-refractivity contribution >= 4 is 33.8 Å². The molecule has 2 heterocycles. The summed E-state index contributed by atoms with van der Waals surface area (Å²) >= 11 is 0. The minimum Gasteiger partial charge on any atom is -0.491 e. The van der Waals surface area contributed by atoms with Crippen molar-refractivity contribution in [2.24, 2.45) is 0 Å². The van der Waals surface area contributed by atoms with E-state index in [4.69, 9.17) is 14.6 Å². The molecule has 7 nitrogen and oxygen atoms in total. The molecule has 41 heavy (non-hydrogen) atoms. The van der Waals surface area contributed by atoms with E-state index in [-0.39, 0.29) is 30.6 Å². The Morgan fingerprint density at radius 2 is 1.73 bits per heavy atom. The molecule has 0 saturated carbocycles. The molecule has 6 rings (SSSR count). The lowest BCUT2D eigenvalue weighted by atomic mass is 9.87. The fourth-order valence-electron chi connectivity index (χ4n) is 4.70. The second kappa shape index (κ2) is 11.1. The van der Waals surface area contributed by atoms with E-state index in [0.717, 1.165) is 5.56 Å². The number of halogens is 2. The normalized spacial score (nSPS) is 12.6. The van der Waals surface area contributed by atoms with Gasteiger partial charge in [-0.2, -0.15) is 0 Å². The number of nitrogens with one attached hydrogen (secondary N) is 1. The third kappa shape index (κ3) is 5.35. The van der Waals surface area contributed by atoms with Gasteiger partial charge in [0.2, 0.25) is 0 Å². The second-order valence-electron chi connectivity index (χ2n) is 9.28. The number of allylic oxidation sites excluding steroid dienone is 2. The molecule has 9 heteroatoms. The second-order valence-corrected chi connectivity index (χ2v) is 9.28. The lowest BCUT2D eigenvalue weighted by Gasteiger charge is -2.19. The molecule has 0 atom stereocenters. The lowest BCUT2D eigenvalue weighted by molar-refractivity contribution is 0.105. The number of pyridine rings is 2. The highest BCUT2D eigenvalue weighted by atomic mass is 19.1. The molecule has 0 fully saturated rings. The van der Waals surface area contributed by atoms with Crippen molar-refractivity contribution in [3.8, 4) is 17.2 Å². The third-order valence-corrected chi connectivity index (χ3v) is 6.64. The fourth-order valence-corrected chi connectivity index (χ4v) is 4.70. The van der Waals surface area contributed by atoms with E-state index in [1.54, 1.807) is 60.9 Å². The number of aliphatic hydroxyl groups excluding tert-OH is 1. The summed E-state index contributed by atoms with van der Waals surface area (Å²) in [6, 6.07) is 18.8. The molecule has 0 saturated heterocycles. The molecule has 0 aliphatic heterocycles. The number of ketones is 1. The van der Waals surface area contributed by atoms with Gasteiger partial charge in [-0.1, -0.05) is 18.2 Å². The minimum atomic E-state index is -0.620. The Hall–Kier alpha value is -5.15. The van der Waals surface area contributed by atoms with Crippen molar-refractivity contribution in [3.63, 3.8) is 0 Å². The molecule has 1 aliphatic rings. The van der Waals surface area contributed by atoms with E-state index in [1.165, 1.54) is 24.3 Å². The average molecular weight is 552 g/mol. The molecule has 0 radical (unpaired) electrons. The van der Waals surface area contributed by atoms with Gasteiger partial charge in [-0.25, -0.2) is 13.8 Å². The number of rotatable bonds is 8. The van der Waals surface area contributed by atoms with Gasteiger partial charge in [0, 0.05) is 41.2 Å². The van der Waals surface area contributed by atoms with Gasteiger partial charge >= 0.3 is 0 Å². The van der Waals surface area contributed by atoms with Crippen molar-refractivity contribution in [1.29, 1.82) is 0 Å². The first-order chi connectivity index (χ1) is 20.0. The summed E-state index contributed by atoms with van der Waals surface area (Å²) in [4.78, 5) is 22.1. The summed E-state index contributed by atoms with van der Waals surface area (Å²) in [5.41, 5.74) is 3.22. The SMILES string of the molecule is O=C1C(c2ccc(F)cc2)=CCc2ccnc(Nc3ccc(Oc4ccnc5cc(OCCO)ccc45)c(F)c3)c21. The Labute approximate surface area is 233 Å². The topological polar surface area (TPSA) is 93.6 Å². The van der Waals surface area contributed by atoms with Gasteiger partial charge in [0.15, 0.2) is 17.3 Å². The van der Waals surface area contributed by atoms with E-state index in [9.17, 15) is 9.18 Å². The number of hydrogen-bond donors (Lipinski definition) is 2. The van der Waals surface area contributed by atoms with Crippen LogP contribution in [0.15, 0.2) is 91.3 Å². The minimum absolute atomic E-state index is 0.00399. The zero-order valence-corrected chi connectivity index (χ0v) is 21.6. The first kappa shape index (κ1) is 26.1. The van der Waals surface area contributed by atoms with E-state index in [2.05, 4.69) is 15.3 Å². The van der Waals surface area contributed by atoms with Crippen molar-refractivity contribution < 1.29 is 28.2 Å². The summed E-state index contributed by atoms with van der Waals surface area (Å²) in [6.07, 6.45) is 5.46. The average Bonchev–Trinajstić information content (AvgIpc) is 2.98.